The van der Waals surface area contributed by atoms with Crippen LogP contribution in [0.15, 0.2) is 43.3 Å². The van der Waals surface area contributed by atoms with E-state index in [1.165, 1.54) is 19.3 Å². The molecule has 3 N–H and O–H groups in total. The number of allylic oxidation sites excluding steroid dienone is 2. The van der Waals surface area contributed by atoms with Crippen molar-refractivity contribution in [3.8, 4) is 5.75 Å². The SMILES string of the molecule is C=CC(=C)Cn1cc(C(=O)NCc2c(OC3CCCCC3)cc(N)nc2C)cn1. The van der Waals surface area contributed by atoms with Gasteiger partial charge in [-0.15, -0.1) is 0 Å². The summed E-state index contributed by atoms with van der Waals surface area (Å²) in [5, 5.41) is 7.14. The first-order valence-corrected chi connectivity index (χ1v) is 9.99. The van der Waals surface area contributed by atoms with Crippen molar-refractivity contribution in [3.05, 3.63) is 60.1 Å². The van der Waals surface area contributed by atoms with Gasteiger partial charge in [-0.25, -0.2) is 4.98 Å². The van der Waals surface area contributed by atoms with Gasteiger partial charge in [-0.05, 0) is 38.2 Å². The highest BCUT2D eigenvalue weighted by molar-refractivity contribution is 5.93. The Kier molecular flexibility index (Phi) is 6.69. The number of anilines is 1. The van der Waals surface area contributed by atoms with Gasteiger partial charge in [0.05, 0.1) is 24.4 Å². The number of carbonyl (C=O) groups excluding carboxylic acids is 1. The molecule has 0 atom stereocenters. The minimum absolute atomic E-state index is 0.190. The molecule has 1 saturated carbocycles. The summed E-state index contributed by atoms with van der Waals surface area (Å²) in [6.45, 7) is 10.2. The number of nitrogens with two attached hydrogens (primary N) is 1. The lowest BCUT2D eigenvalue weighted by Crippen LogP contribution is -2.25. The maximum atomic E-state index is 12.6. The summed E-state index contributed by atoms with van der Waals surface area (Å²) in [4.78, 5) is 16.9. The number of carbonyl (C=O) groups is 1. The maximum absolute atomic E-state index is 12.6. The Morgan fingerprint density at radius 2 is 2.17 bits per heavy atom. The number of ether oxygens (including phenoxy) is 1. The van der Waals surface area contributed by atoms with Gasteiger partial charge in [-0.2, -0.15) is 5.10 Å². The van der Waals surface area contributed by atoms with E-state index in [1.54, 1.807) is 29.2 Å². The molecule has 0 radical (unpaired) electrons. The van der Waals surface area contributed by atoms with Crippen LogP contribution >= 0.6 is 0 Å². The molecule has 7 heteroatoms. The fourth-order valence-corrected chi connectivity index (χ4v) is 3.49. The topological polar surface area (TPSA) is 95.1 Å². The monoisotopic (exact) mass is 395 g/mol. The fourth-order valence-electron chi connectivity index (χ4n) is 3.49. The van der Waals surface area contributed by atoms with Crippen molar-refractivity contribution in [3.63, 3.8) is 0 Å². The third kappa shape index (κ3) is 5.47. The summed E-state index contributed by atoms with van der Waals surface area (Å²) in [7, 11) is 0. The molecule has 0 aromatic carbocycles. The second-order valence-electron chi connectivity index (χ2n) is 7.46. The quantitative estimate of drug-likeness (QED) is 0.667. The Hall–Kier alpha value is -3.09. The molecule has 0 aliphatic heterocycles. The van der Waals surface area contributed by atoms with Gasteiger partial charge in [-0.1, -0.05) is 25.7 Å². The number of aromatic nitrogens is 3. The number of hydrogen-bond acceptors (Lipinski definition) is 5. The molecule has 3 rings (SSSR count). The maximum Gasteiger partial charge on any atom is 0.254 e. The van der Waals surface area contributed by atoms with Crippen molar-refractivity contribution in [1.82, 2.24) is 20.1 Å². The van der Waals surface area contributed by atoms with Crippen molar-refractivity contribution in [2.45, 2.75) is 58.2 Å². The third-order valence-corrected chi connectivity index (χ3v) is 5.13. The van der Waals surface area contributed by atoms with Gasteiger partial charge < -0.3 is 15.8 Å². The smallest absolute Gasteiger partial charge is 0.254 e. The van der Waals surface area contributed by atoms with E-state index in [1.807, 2.05) is 6.92 Å². The molecule has 2 heterocycles. The molecule has 1 fully saturated rings. The first-order chi connectivity index (χ1) is 14.0. The van der Waals surface area contributed by atoms with E-state index >= 15 is 0 Å². The molecule has 1 amide bonds. The zero-order chi connectivity index (χ0) is 20.8. The summed E-state index contributed by atoms with van der Waals surface area (Å²) in [6, 6.07) is 1.75. The number of rotatable bonds is 8. The van der Waals surface area contributed by atoms with Gasteiger partial charge in [0.2, 0.25) is 0 Å². The lowest BCUT2D eigenvalue weighted by atomic mass is 9.97. The predicted octanol–water partition coefficient (Wildman–Crippen LogP) is 3.55. The minimum Gasteiger partial charge on any atom is -0.490 e. The summed E-state index contributed by atoms with van der Waals surface area (Å²) in [5.74, 6) is 0.924. The molecule has 0 saturated heterocycles. The van der Waals surface area contributed by atoms with Crippen molar-refractivity contribution in [2.75, 3.05) is 5.73 Å². The zero-order valence-electron chi connectivity index (χ0n) is 17.0. The van der Waals surface area contributed by atoms with Gasteiger partial charge >= 0.3 is 0 Å². The molecule has 0 bridgehead atoms. The molecule has 0 spiro atoms. The highest BCUT2D eigenvalue weighted by atomic mass is 16.5. The van der Waals surface area contributed by atoms with Gasteiger partial charge in [0.25, 0.3) is 5.91 Å². The van der Waals surface area contributed by atoms with E-state index in [-0.39, 0.29) is 12.0 Å². The van der Waals surface area contributed by atoms with Crippen molar-refractivity contribution < 1.29 is 9.53 Å². The van der Waals surface area contributed by atoms with Crippen LogP contribution in [0.2, 0.25) is 0 Å². The number of nitrogen functional groups attached to an aromatic ring is 1. The summed E-state index contributed by atoms with van der Waals surface area (Å²) in [5.41, 5.74) is 8.85. The predicted molar refractivity (Wildman–Crippen MR) is 114 cm³/mol. The van der Waals surface area contributed by atoms with Crippen LogP contribution in [0.25, 0.3) is 0 Å². The first kappa shape index (κ1) is 20.6. The first-order valence-electron chi connectivity index (χ1n) is 9.99. The van der Waals surface area contributed by atoms with E-state index < -0.39 is 0 Å². The van der Waals surface area contributed by atoms with Crippen molar-refractivity contribution >= 4 is 11.7 Å². The van der Waals surface area contributed by atoms with Crippen LogP contribution in [0, 0.1) is 6.92 Å². The molecule has 1 aliphatic rings. The number of amides is 1. The summed E-state index contributed by atoms with van der Waals surface area (Å²) in [6.07, 6.45) is 10.8. The number of hydrogen-bond donors (Lipinski definition) is 2. The Balaban J connectivity index is 1.68. The number of nitrogens with one attached hydrogen (secondary N) is 1. The molecule has 154 valence electrons. The molecule has 2 aromatic heterocycles. The summed E-state index contributed by atoms with van der Waals surface area (Å²) < 4.78 is 7.90. The van der Waals surface area contributed by atoms with E-state index in [9.17, 15) is 4.79 Å². The van der Waals surface area contributed by atoms with Crippen LogP contribution in [0.5, 0.6) is 5.75 Å². The van der Waals surface area contributed by atoms with Gasteiger partial charge in [0, 0.05) is 30.1 Å². The average Bonchev–Trinajstić information content (AvgIpc) is 3.16. The summed E-state index contributed by atoms with van der Waals surface area (Å²) >= 11 is 0. The van der Waals surface area contributed by atoms with Crippen LogP contribution in [0.1, 0.15) is 53.7 Å². The lowest BCUT2D eigenvalue weighted by molar-refractivity contribution is 0.0950. The molecule has 7 nitrogen and oxygen atoms in total. The molecule has 2 aromatic rings. The molecular weight excluding hydrogens is 366 g/mol. The third-order valence-electron chi connectivity index (χ3n) is 5.13. The van der Waals surface area contributed by atoms with E-state index in [2.05, 4.69) is 28.6 Å². The fraction of sp³-hybridized carbons (Fsp3) is 0.409. The molecule has 29 heavy (non-hydrogen) atoms. The molecule has 1 aliphatic carbocycles. The Labute approximate surface area is 171 Å². The Bertz CT molecular complexity index is 897. The van der Waals surface area contributed by atoms with Gasteiger partial charge in [-0.3, -0.25) is 9.48 Å². The molecule has 0 unspecified atom stereocenters. The van der Waals surface area contributed by atoms with Crippen molar-refractivity contribution in [2.24, 2.45) is 0 Å². The average molecular weight is 396 g/mol. The zero-order valence-corrected chi connectivity index (χ0v) is 17.0. The van der Waals surface area contributed by atoms with Crippen LogP contribution < -0.4 is 15.8 Å². The van der Waals surface area contributed by atoms with Crippen molar-refractivity contribution in [1.29, 1.82) is 0 Å². The Morgan fingerprint density at radius 1 is 1.41 bits per heavy atom. The van der Waals surface area contributed by atoms with E-state index in [4.69, 9.17) is 10.5 Å². The second-order valence-corrected chi connectivity index (χ2v) is 7.46. The van der Waals surface area contributed by atoms with Gasteiger partial charge in [0.1, 0.15) is 11.6 Å². The number of nitrogens with zero attached hydrogens (tertiary/aromatic N) is 3. The van der Waals surface area contributed by atoms with E-state index in [0.29, 0.717) is 30.2 Å². The lowest BCUT2D eigenvalue weighted by Gasteiger charge is -2.25. The normalized spacial score (nSPS) is 14.4. The van der Waals surface area contributed by atoms with Crippen LogP contribution in [0.3, 0.4) is 0 Å². The van der Waals surface area contributed by atoms with Crippen LogP contribution in [0.4, 0.5) is 5.82 Å². The number of pyridine rings is 1. The van der Waals surface area contributed by atoms with Crippen LogP contribution in [-0.2, 0) is 13.1 Å². The Morgan fingerprint density at radius 3 is 2.90 bits per heavy atom. The second kappa shape index (κ2) is 9.41. The minimum atomic E-state index is -0.208. The molecular formula is C22H29N5O2. The highest BCUT2D eigenvalue weighted by Gasteiger charge is 2.19. The number of aryl methyl sites for hydroxylation is 1. The standard InChI is InChI=1S/C22H29N5O2/c1-4-15(2)13-27-14-17(11-25-27)22(28)24-12-19-16(3)26-21(23)10-20(19)29-18-8-6-5-7-9-18/h4,10-11,14,18H,1-2,5-9,12-13H2,3H3,(H2,23,26)(H,24,28). The van der Waals surface area contributed by atoms with E-state index in [0.717, 1.165) is 29.7 Å². The largest absolute Gasteiger partial charge is 0.490 e. The highest BCUT2D eigenvalue weighted by Crippen LogP contribution is 2.28. The van der Waals surface area contributed by atoms with Gasteiger partial charge in [0.15, 0.2) is 0 Å². The van der Waals surface area contributed by atoms with Crippen LogP contribution in [-0.4, -0.2) is 26.8 Å².